The number of aliphatic hydroxyl groups is 1. The van der Waals surface area contributed by atoms with E-state index in [1.165, 1.54) is 18.4 Å². The first-order valence-corrected chi connectivity index (χ1v) is 5.79. The molecule has 1 aromatic carbocycles. The van der Waals surface area contributed by atoms with Crippen molar-refractivity contribution in [3.05, 3.63) is 29.3 Å². The highest BCUT2D eigenvalue weighted by atomic mass is 16.3. The lowest BCUT2D eigenvalue weighted by Crippen LogP contribution is -2.29. The third-order valence-corrected chi connectivity index (χ3v) is 3.58. The summed E-state index contributed by atoms with van der Waals surface area (Å²) in [4.78, 5) is 0. The predicted octanol–water partition coefficient (Wildman–Crippen LogP) is 2.62. The van der Waals surface area contributed by atoms with Crippen LogP contribution in [-0.2, 0) is 0 Å². The molecule has 2 aliphatic rings. The van der Waals surface area contributed by atoms with Crippen LogP contribution in [0.1, 0.15) is 36.5 Å². The molecule has 2 heteroatoms. The highest BCUT2D eigenvalue weighted by molar-refractivity contribution is 5.56. The molecular weight excluding hydrogens is 186 g/mol. The van der Waals surface area contributed by atoms with Crippen molar-refractivity contribution in [3.8, 4) is 0 Å². The first kappa shape index (κ1) is 9.22. The number of anilines is 1. The van der Waals surface area contributed by atoms with E-state index in [1.54, 1.807) is 0 Å². The normalized spacial score (nSPS) is 29.5. The molecule has 2 unspecified atom stereocenters. The maximum absolute atomic E-state index is 10.1. The maximum Gasteiger partial charge on any atom is 0.0829 e. The van der Waals surface area contributed by atoms with Gasteiger partial charge < -0.3 is 10.4 Å². The van der Waals surface area contributed by atoms with Crippen molar-refractivity contribution in [1.29, 1.82) is 0 Å². The van der Waals surface area contributed by atoms with Crippen molar-refractivity contribution in [1.82, 2.24) is 0 Å². The van der Waals surface area contributed by atoms with Gasteiger partial charge in [-0.2, -0.15) is 0 Å². The van der Waals surface area contributed by atoms with Crippen molar-refractivity contribution in [2.24, 2.45) is 5.92 Å². The Bertz CT molecular complexity index is 384. The van der Waals surface area contributed by atoms with Gasteiger partial charge in [0.1, 0.15) is 0 Å². The lowest BCUT2D eigenvalue weighted by Gasteiger charge is -2.31. The SMILES string of the molecule is Cc1ccc2c(c1)C(O)CC(C1CC1)N2. The summed E-state index contributed by atoms with van der Waals surface area (Å²) in [5.41, 5.74) is 3.43. The second-order valence-corrected chi connectivity index (χ2v) is 4.93. The van der Waals surface area contributed by atoms with Gasteiger partial charge in [-0.05, 0) is 38.2 Å². The molecule has 1 saturated carbocycles. The third-order valence-electron chi connectivity index (χ3n) is 3.58. The number of aliphatic hydroxyl groups excluding tert-OH is 1. The van der Waals surface area contributed by atoms with Gasteiger partial charge in [-0.1, -0.05) is 17.7 Å². The second-order valence-electron chi connectivity index (χ2n) is 4.93. The van der Waals surface area contributed by atoms with Crippen LogP contribution in [0.25, 0.3) is 0 Å². The highest BCUT2D eigenvalue weighted by Crippen LogP contribution is 2.42. The van der Waals surface area contributed by atoms with E-state index >= 15 is 0 Å². The van der Waals surface area contributed by atoms with E-state index in [0.29, 0.717) is 6.04 Å². The van der Waals surface area contributed by atoms with E-state index < -0.39 is 0 Å². The van der Waals surface area contributed by atoms with Gasteiger partial charge >= 0.3 is 0 Å². The van der Waals surface area contributed by atoms with Gasteiger partial charge in [0, 0.05) is 17.3 Å². The smallest absolute Gasteiger partial charge is 0.0829 e. The largest absolute Gasteiger partial charge is 0.388 e. The molecule has 0 amide bonds. The molecule has 0 aromatic heterocycles. The number of hydrogen-bond acceptors (Lipinski definition) is 2. The van der Waals surface area contributed by atoms with Gasteiger partial charge in [0.05, 0.1) is 6.10 Å². The average Bonchev–Trinajstić information content (AvgIpc) is 3.02. The quantitative estimate of drug-likeness (QED) is 0.735. The Balaban J connectivity index is 1.93. The Morgan fingerprint density at radius 1 is 1.33 bits per heavy atom. The zero-order valence-electron chi connectivity index (χ0n) is 9.03. The van der Waals surface area contributed by atoms with Crippen LogP contribution in [0.2, 0.25) is 0 Å². The molecule has 1 aliphatic heterocycles. The zero-order chi connectivity index (χ0) is 10.4. The number of rotatable bonds is 1. The Labute approximate surface area is 90.3 Å². The summed E-state index contributed by atoms with van der Waals surface area (Å²) in [6, 6.07) is 6.79. The molecule has 1 heterocycles. The maximum atomic E-state index is 10.1. The van der Waals surface area contributed by atoms with Crippen molar-refractivity contribution >= 4 is 5.69 Å². The third kappa shape index (κ3) is 1.63. The molecule has 1 aromatic rings. The Morgan fingerprint density at radius 2 is 2.13 bits per heavy atom. The minimum absolute atomic E-state index is 0.272. The summed E-state index contributed by atoms with van der Waals surface area (Å²) in [5, 5.41) is 13.6. The zero-order valence-corrected chi connectivity index (χ0v) is 9.03. The Kier molecular flexibility index (Phi) is 1.99. The van der Waals surface area contributed by atoms with Crippen LogP contribution in [0.5, 0.6) is 0 Å². The summed E-state index contributed by atoms with van der Waals surface area (Å²) in [7, 11) is 0. The number of nitrogens with one attached hydrogen (secondary N) is 1. The topological polar surface area (TPSA) is 32.3 Å². The molecule has 2 nitrogen and oxygen atoms in total. The second kappa shape index (κ2) is 3.24. The fourth-order valence-electron chi connectivity index (χ4n) is 2.52. The first-order valence-electron chi connectivity index (χ1n) is 5.79. The van der Waals surface area contributed by atoms with Crippen LogP contribution in [0.15, 0.2) is 18.2 Å². The summed E-state index contributed by atoms with van der Waals surface area (Å²) >= 11 is 0. The summed E-state index contributed by atoms with van der Waals surface area (Å²) in [5.74, 6) is 0.800. The van der Waals surface area contributed by atoms with Crippen molar-refractivity contribution in [2.75, 3.05) is 5.32 Å². The molecule has 2 atom stereocenters. The van der Waals surface area contributed by atoms with E-state index in [9.17, 15) is 5.11 Å². The van der Waals surface area contributed by atoms with Crippen molar-refractivity contribution in [3.63, 3.8) is 0 Å². The lowest BCUT2D eigenvalue weighted by atomic mass is 9.92. The van der Waals surface area contributed by atoms with Crippen LogP contribution < -0.4 is 5.32 Å². The molecule has 0 spiro atoms. The first-order chi connectivity index (χ1) is 7.24. The minimum Gasteiger partial charge on any atom is -0.388 e. The average molecular weight is 203 g/mol. The van der Waals surface area contributed by atoms with Gasteiger partial charge in [-0.15, -0.1) is 0 Å². The molecular formula is C13H17NO. The standard InChI is InChI=1S/C13H17NO/c1-8-2-5-11-10(6-8)13(15)7-12(14-11)9-3-4-9/h2,5-6,9,12-15H,3-4,7H2,1H3. The van der Waals surface area contributed by atoms with E-state index in [-0.39, 0.29) is 6.10 Å². The Hall–Kier alpha value is -1.02. The number of hydrogen-bond donors (Lipinski definition) is 2. The molecule has 0 bridgehead atoms. The van der Waals surface area contributed by atoms with Gasteiger partial charge in [-0.25, -0.2) is 0 Å². The number of aryl methyl sites for hydroxylation is 1. The van der Waals surface area contributed by atoms with Crippen LogP contribution in [0.4, 0.5) is 5.69 Å². The number of benzene rings is 1. The van der Waals surface area contributed by atoms with Crippen LogP contribution in [0.3, 0.4) is 0 Å². The molecule has 2 N–H and O–H groups in total. The van der Waals surface area contributed by atoms with E-state index in [4.69, 9.17) is 0 Å². The highest BCUT2D eigenvalue weighted by Gasteiger charge is 2.36. The lowest BCUT2D eigenvalue weighted by molar-refractivity contribution is 0.152. The van der Waals surface area contributed by atoms with Crippen LogP contribution in [0, 0.1) is 12.8 Å². The number of fused-ring (bicyclic) bond motifs is 1. The van der Waals surface area contributed by atoms with Crippen molar-refractivity contribution < 1.29 is 5.11 Å². The summed E-state index contributed by atoms with van der Waals surface area (Å²) < 4.78 is 0. The molecule has 1 aliphatic carbocycles. The minimum atomic E-state index is -0.272. The van der Waals surface area contributed by atoms with E-state index in [2.05, 4.69) is 30.4 Å². The summed E-state index contributed by atoms with van der Waals surface area (Å²) in [6.07, 6.45) is 3.25. The molecule has 0 saturated heterocycles. The van der Waals surface area contributed by atoms with Gasteiger partial charge in [-0.3, -0.25) is 0 Å². The van der Waals surface area contributed by atoms with Gasteiger partial charge in [0.2, 0.25) is 0 Å². The van der Waals surface area contributed by atoms with Crippen LogP contribution >= 0.6 is 0 Å². The van der Waals surface area contributed by atoms with Gasteiger partial charge in [0.25, 0.3) is 0 Å². The van der Waals surface area contributed by atoms with E-state index in [1.807, 2.05) is 0 Å². The molecule has 80 valence electrons. The van der Waals surface area contributed by atoms with Gasteiger partial charge in [0.15, 0.2) is 0 Å². The fraction of sp³-hybridized carbons (Fsp3) is 0.538. The summed E-state index contributed by atoms with van der Waals surface area (Å²) in [6.45, 7) is 2.07. The predicted molar refractivity (Wildman–Crippen MR) is 60.9 cm³/mol. The molecule has 3 rings (SSSR count). The van der Waals surface area contributed by atoms with E-state index in [0.717, 1.165) is 23.6 Å². The Morgan fingerprint density at radius 3 is 2.87 bits per heavy atom. The monoisotopic (exact) mass is 203 g/mol. The molecule has 15 heavy (non-hydrogen) atoms. The van der Waals surface area contributed by atoms with Crippen LogP contribution in [-0.4, -0.2) is 11.1 Å². The fourth-order valence-corrected chi connectivity index (χ4v) is 2.52. The molecule has 1 fully saturated rings. The molecule has 0 radical (unpaired) electrons. The van der Waals surface area contributed by atoms with Crippen molar-refractivity contribution in [2.45, 2.75) is 38.3 Å².